The van der Waals surface area contributed by atoms with Crippen LogP contribution in [0.1, 0.15) is 12.5 Å². The van der Waals surface area contributed by atoms with Gasteiger partial charge in [-0.1, -0.05) is 6.07 Å². The molecule has 0 saturated carbocycles. The second-order valence-electron chi connectivity index (χ2n) is 3.02. The minimum absolute atomic E-state index is 0.192. The van der Waals surface area contributed by atoms with E-state index in [0.717, 1.165) is 12.0 Å². The van der Waals surface area contributed by atoms with Crippen LogP contribution in [0.25, 0.3) is 0 Å². The van der Waals surface area contributed by atoms with Gasteiger partial charge in [-0.05, 0) is 47.0 Å². The summed E-state index contributed by atoms with van der Waals surface area (Å²) in [6.07, 6.45) is 0.787. The highest BCUT2D eigenvalue weighted by atomic mass is 79.9. The third kappa shape index (κ3) is 3.06. The van der Waals surface area contributed by atoms with Crippen LogP contribution in [0.2, 0.25) is 0 Å². The van der Waals surface area contributed by atoms with Crippen LogP contribution < -0.4 is 11.3 Å². The van der Waals surface area contributed by atoms with Crippen LogP contribution in [0.3, 0.4) is 0 Å². The molecule has 0 aliphatic heterocycles. The van der Waals surface area contributed by atoms with Gasteiger partial charge >= 0.3 is 0 Å². The Morgan fingerprint density at radius 3 is 2.85 bits per heavy atom. The van der Waals surface area contributed by atoms with Crippen molar-refractivity contribution in [2.75, 3.05) is 0 Å². The molecule has 1 aromatic carbocycles. The van der Waals surface area contributed by atoms with Gasteiger partial charge in [0.1, 0.15) is 5.82 Å². The second-order valence-corrected chi connectivity index (χ2v) is 3.87. The number of hydrazine groups is 1. The number of nitrogens with two attached hydrogens (primary N) is 1. The molecule has 4 heteroatoms. The van der Waals surface area contributed by atoms with Gasteiger partial charge in [-0.25, -0.2) is 4.39 Å². The van der Waals surface area contributed by atoms with Gasteiger partial charge in [0, 0.05) is 6.04 Å². The van der Waals surface area contributed by atoms with Gasteiger partial charge in [0.15, 0.2) is 0 Å². The largest absolute Gasteiger partial charge is 0.271 e. The van der Waals surface area contributed by atoms with Crippen molar-refractivity contribution in [3.8, 4) is 0 Å². The molecule has 13 heavy (non-hydrogen) atoms. The number of nitrogens with one attached hydrogen (secondary N) is 1. The molecule has 0 aliphatic rings. The zero-order valence-electron chi connectivity index (χ0n) is 7.35. The van der Waals surface area contributed by atoms with Gasteiger partial charge in [0.05, 0.1) is 4.47 Å². The van der Waals surface area contributed by atoms with Crippen LogP contribution in [-0.4, -0.2) is 6.04 Å². The smallest absolute Gasteiger partial charge is 0.137 e. The van der Waals surface area contributed by atoms with Gasteiger partial charge < -0.3 is 0 Å². The van der Waals surface area contributed by atoms with E-state index in [4.69, 9.17) is 5.84 Å². The average molecular weight is 247 g/mol. The maximum absolute atomic E-state index is 12.8. The number of hydrogen-bond acceptors (Lipinski definition) is 2. The molecule has 1 rings (SSSR count). The van der Waals surface area contributed by atoms with Crippen molar-refractivity contribution < 1.29 is 4.39 Å². The highest BCUT2D eigenvalue weighted by molar-refractivity contribution is 9.10. The molecule has 0 saturated heterocycles. The first-order chi connectivity index (χ1) is 6.13. The first-order valence-electron chi connectivity index (χ1n) is 4.03. The molecule has 0 bridgehead atoms. The lowest BCUT2D eigenvalue weighted by atomic mass is 10.1. The molecular weight excluding hydrogens is 235 g/mol. The first kappa shape index (κ1) is 10.6. The molecule has 72 valence electrons. The molecule has 2 nitrogen and oxygen atoms in total. The summed E-state index contributed by atoms with van der Waals surface area (Å²) in [5, 5.41) is 0. The Morgan fingerprint density at radius 2 is 2.31 bits per heavy atom. The van der Waals surface area contributed by atoms with E-state index < -0.39 is 0 Å². The topological polar surface area (TPSA) is 38.0 Å². The monoisotopic (exact) mass is 246 g/mol. The summed E-state index contributed by atoms with van der Waals surface area (Å²) in [5.41, 5.74) is 3.69. The second kappa shape index (κ2) is 4.69. The van der Waals surface area contributed by atoms with Crippen LogP contribution >= 0.6 is 15.9 Å². The van der Waals surface area contributed by atoms with Crippen LogP contribution in [0.4, 0.5) is 4.39 Å². The predicted octanol–water partition coefficient (Wildman–Crippen LogP) is 1.98. The maximum Gasteiger partial charge on any atom is 0.137 e. The van der Waals surface area contributed by atoms with Crippen LogP contribution in [0.15, 0.2) is 22.7 Å². The van der Waals surface area contributed by atoms with Crippen molar-refractivity contribution in [1.29, 1.82) is 0 Å². The van der Waals surface area contributed by atoms with E-state index in [-0.39, 0.29) is 11.9 Å². The van der Waals surface area contributed by atoms with Gasteiger partial charge in [0.25, 0.3) is 0 Å². The summed E-state index contributed by atoms with van der Waals surface area (Å²) < 4.78 is 13.3. The Balaban J connectivity index is 2.73. The van der Waals surface area contributed by atoms with E-state index in [0.29, 0.717) is 4.47 Å². The fourth-order valence-electron chi connectivity index (χ4n) is 1.08. The Bertz CT molecular complexity index is 291. The SMILES string of the molecule is CC(Cc1ccc(F)c(Br)c1)NN. The lowest BCUT2D eigenvalue weighted by molar-refractivity contribution is 0.565. The van der Waals surface area contributed by atoms with Gasteiger partial charge in [-0.3, -0.25) is 11.3 Å². The fourth-order valence-corrected chi connectivity index (χ4v) is 1.51. The summed E-state index contributed by atoms with van der Waals surface area (Å²) in [4.78, 5) is 0. The Hall–Kier alpha value is -0.450. The molecule has 0 aliphatic carbocycles. The number of benzene rings is 1. The van der Waals surface area contributed by atoms with E-state index in [1.807, 2.05) is 6.92 Å². The van der Waals surface area contributed by atoms with E-state index in [9.17, 15) is 4.39 Å². The lowest BCUT2D eigenvalue weighted by Gasteiger charge is -2.09. The minimum atomic E-state index is -0.239. The zero-order valence-corrected chi connectivity index (χ0v) is 8.94. The quantitative estimate of drug-likeness (QED) is 0.633. The summed E-state index contributed by atoms with van der Waals surface area (Å²) in [5.74, 6) is 5.01. The standard InChI is InChI=1S/C9H12BrFN2/c1-6(13-12)4-7-2-3-9(11)8(10)5-7/h2-3,5-6,13H,4,12H2,1H3. The molecule has 0 fully saturated rings. The van der Waals surface area contributed by atoms with Crippen molar-refractivity contribution >= 4 is 15.9 Å². The predicted molar refractivity (Wildman–Crippen MR) is 54.6 cm³/mol. The van der Waals surface area contributed by atoms with E-state index in [2.05, 4.69) is 21.4 Å². The Labute approximate surface area is 85.4 Å². The number of rotatable bonds is 3. The first-order valence-corrected chi connectivity index (χ1v) is 4.83. The Kier molecular flexibility index (Phi) is 3.84. The van der Waals surface area contributed by atoms with Crippen molar-refractivity contribution in [1.82, 2.24) is 5.43 Å². The molecule has 1 atom stereocenters. The molecule has 1 unspecified atom stereocenters. The normalized spacial score (nSPS) is 12.9. The van der Waals surface area contributed by atoms with Crippen molar-refractivity contribution in [3.05, 3.63) is 34.1 Å². The molecular formula is C9H12BrFN2. The minimum Gasteiger partial charge on any atom is -0.271 e. The van der Waals surface area contributed by atoms with Crippen molar-refractivity contribution in [2.24, 2.45) is 5.84 Å². The number of hydrogen-bond donors (Lipinski definition) is 2. The van der Waals surface area contributed by atoms with Gasteiger partial charge in [-0.2, -0.15) is 0 Å². The fraction of sp³-hybridized carbons (Fsp3) is 0.333. The molecule has 0 radical (unpaired) electrons. The van der Waals surface area contributed by atoms with E-state index in [1.54, 1.807) is 12.1 Å². The third-order valence-corrected chi connectivity index (χ3v) is 2.42. The zero-order chi connectivity index (χ0) is 9.84. The molecule has 0 aromatic heterocycles. The Morgan fingerprint density at radius 1 is 1.62 bits per heavy atom. The average Bonchev–Trinajstić information content (AvgIpc) is 2.11. The molecule has 3 N–H and O–H groups in total. The van der Waals surface area contributed by atoms with E-state index >= 15 is 0 Å². The summed E-state index contributed by atoms with van der Waals surface area (Å²) in [6.45, 7) is 1.97. The molecule has 0 spiro atoms. The summed E-state index contributed by atoms with van der Waals surface area (Å²) in [6, 6.07) is 5.16. The number of halogens is 2. The molecule has 0 heterocycles. The van der Waals surface area contributed by atoms with Gasteiger partial charge in [-0.15, -0.1) is 0 Å². The van der Waals surface area contributed by atoms with Crippen LogP contribution in [0, 0.1) is 5.82 Å². The van der Waals surface area contributed by atoms with E-state index in [1.165, 1.54) is 6.07 Å². The lowest BCUT2D eigenvalue weighted by Crippen LogP contribution is -2.34. The highest BCUT2D eigenvalue weighted by Crippen LogP contribution is 2.17. The summed E-state index contributed by atoms with van der Waals surface area (Å²) in [7, 11) is 0. The third-order valence-electron chi connectivity index (χ3n) is 1.81. The maximum atomic E-state index is 12.8. The molecule has 1 aromatic rings. The van der Waals surface area contributed by atoms with Crippen LogP contribution in [0.5, 0.6) is 0 Å². The van der Waals surface area contributed by atoms with Crippen molar-refractivity contribution in [3.63, 3.8) is 0 Å². The highest BCUT2D eigenvalue weighted by Gasteiger charge is 2.03. The van der Waals surface area contributed by atoms with Crippen molar-refractivity contribution in [2.45, 2.75) is 19.4 Å². The van der Waals surface area contributed by atoms with Crippen LogP contribution in [-0.2, 0) is 6.42 Å². The summed E-state index contributed by atoms with van der Waals surface area (Å²) >= 11 is 3.13. The molecule has 0 amide bonds. The van der Waals surface area contributed by atoms with Gasteiger partial charge in [0.2, 0.25) is 0 Å².